The molecule has 1 saturated carbocycles. The summed E-state index contributed by atoms with van der Waals surface area (Å²) in [6.45, 7) is 3.03. The Hall–Kier alpha value is -0.580. The van der Waals surface area contributed by atoms with Gasteiger partial charge in [0.15, 0.2) is 0 Å². The summed E-state index contributed by atoms with van der Waals surface area (Å²) in [7, 11) is 0. The molecule has 1 atom stereocenters. The van der Waals surface area contributed by atoms with Crippen molar-refractivity contribution in [1.82, 2.24) is 15.2 Å². The first-order valence-electron chi connectivity index (χ1n) is 6.45. The average molecular weight is 257 g/mol. The highest BCUT2D eigenvalue weighted by molar-refractivity contribution is 6.31. The summed E-state index contributed by atoms with van der Waals surface area (Å²) in [6, 6.07) is 0.138. The third kappa shape index (κ3) is 2.64. The Labute approximate surface area is 107 Å². The van der Waals surface area contributed by atoms with E-state index >= 15 is 0 Å². The van der Waals surface area contributed by atoms with E-state index in [2.05, 4.69) is 17.4 Å². The topological polar surface area (TPSA) is 55.9 Å². The van der Waals surface area contributed by atoms with Crippen LogP contribution in [0.15, 0.2) is 6.20 Å². The third-order valence-electron chi connectivity index (χ3n) is 3.61. The van der Waals surface area contributed by atoms with Crippen LogP contribution in [0.4, 0.5) is 0 Å². The van der Waals surface area contributed by atoms with Crippen LogP contribution in [-0.4, -0.2) is 9.78 Å². The number of aromatic nitrogens is 2. The predicted octanol–water partition coefficient (Wildman–Crippen LogP) is 2.64. The molecule has 2 rings (SSSR count). The van der Waals surface area contributed by atoms with E-state index < -0.39 is 0 Å². The van der Waals surface area contributed by atoms with Gasteiger partial charge in [0, 0.05) is 6.54 Å². The molecular formula is C12H21ClN4. The second-order valence-corrected chi connectivity index (χ2v) is 5.20. The standard InChI is InChI=1S/C12H21ClN4/c1-2-7-17-12(10(13)8-15-17)11(16-14)9-5-3-4-6-9/h8-9,11,16H,2-7,14H2,1H3. The molecule has 0 spiro atoms. The smallest absolute Gasteiger partial charge is 0.0834 e. The van der Waals surface area contributed by atoms with Crippen LogP contribution in [0.3, 0.4) is 0 Å². The highest BCUT2D eigenvalue weighted by Gasteiger charge is 2.29. The molecule has 0 radical (unpaired) electrons. The number of hydrazine groups is 1. The van der Waals surface area contributed by atoms with Gasteiger partial charge in [-0.1, -0.05) is 31.4 Å². The van der Waals surface area contributed by atoms with Gasteiger partial charge in [0.25, 0.3) is 0 Å². The minimum atomic E-state index is 0.138. The van der Waals surface area contributed by atoms with Crippen molar-refractivity contribution >= 4 is 11.6 Å². The highest BCUT2D eigenvalue weighted by Crippen LogP contribution is 2.37. The first-order chi connectivity index (χ1) is 8.27. The maximum absolute atomic E-state index is 6.25. The Bertz CT molecular complexity index is 357. The second kappa shape index (κ2) is 5.85. The number of nitrogens with zero attached hydrogens (tertiary/aromatic N) is 2. The lowest BCUT2D eigenvalue weighted by atomic mass is 9.96. The lowest BCUT2D eigenvalue weighted by Crippen LogP contribution is -2.34. The number of halogens is 1. The van der Waals surface area contributed by atoms with Crippen LogP contribution in [0, 0.1) is 5.92 Å². The van der Waals surface area contributed by atoms with E-state index in [-0.39, 0.29) is 6.04 Å². The van der Waals surface area contributed by atoms with Gasteiger partial charge in [0.1, 0.15) is 0 Å². The van der Waals surface area contributed by atoms with Crippen LogP contribution in [0.25, 0.3) is 0 Å². The van der Waals surface area contributed by atoms with Gasteiger partial charge >= 0.3 is 0 Å². The maximum atomic E-state index is 6.25. The van der Waals surface area contributed by atoms with Gasteiger partial charge in [-0.3, -0.25) is 16.0 Å². The van der Waals surface area contributed by atoms with Crippen molar-refractivity contribution in [3.8, 4) is 0 Å². The molecule has 5 heteroatoms. The maximum Gasteiger partial charge on any atom is 0.0834 e. The quantitative estimate of drug-likeness (QED) is 0.629. The molecule has 0 amide bonds. The van der Waals surface area contributed by atoms with Crippen LogP contribution < -0.4 is 11.3 Å². The zero-order chi connectivity index (χ0) is 12.3. The summed E-state index contributed by atoms with van der Waals surface area (Å²) in [4.78, 5) is 0. The minimum Gasteiger partial charge on any atom is -0.271 e. The first kappa shape index (κ1) is 12.9. The van der Waals surface area contributed by atoms with E-state index in [9.17, 15) is 0 Å². The normalized spacial score (nSPS) is 18.8. The SMILES string of the molecule is CCCn1ncc(Cl)c1C(NN)C1CCCC1. The van der Waals surface area contributed by atoms with E-state index in [1.54, 1.807) is 6.20 Å². The van der Waals surface area contributed by atoms with Crippen LogP contribution in [0.1, 0.15) is 50.8 Å². The lowest BCUT2D eigenvalue weighted by molar-refractivity contribution is 0.349. The molecule has 17 heavy (non-hydrogen) atoms. The van der Waals surface area contributed by atoms with Crippen molar-refractivity contribution in [1.29, 1.82) is 0 Å². The number of rotatable bonds is 5. The zero-order valence-electron chi connectivity index (χ0n) is 10.3. The Morgan fingerprint density at radius 3 is 2.88 bits per heavy atom. The molecule has 0 aliphatic heterocycles. The molecule has 1 heterocycles. The zero-order valence-corrected chi connectivity index (χ0v) is 11.1. The first-order valence-corrected chi connectivity index (χ1v) is 6.83. The fourth-order valence-electron chi connectivity index (χ4n) is 2.80. The summed E-state index contributed by atoms with van der Waals surface area (Å²) in [5.74, 6) is 6.32. The molecule has 1 fully saturated rings. The predicted molar refractivity (Wildman–Crippen MR) is 69.6 cm³/mol. The molecule has 1 aromatic heterocycles. The van der Waals surface area contributed by atoms with Crippen molar-refractivity contribution in [2.75, 3.05) is 0 Å². The van der Waals surface area contributed by atoms with Gasteiger partial charge in [-0.05, 0) is 25.2 Å². The van der Waals surface area contributed by atoms with Gasteiger partial charge in [-0.15, -0.1) is 0 Å². The van der Waals surface area contributed by atoms with Crippen molar-refractivity contribution in [3.05, 3.63) is 16.9 Å². The Kier molecular flexibility index (Phi) is 4.42. The molecule has 0 aromatic carbocycles. The molecular weight excluding hydrogens is 236 g/mol. The number of nitrogens with two attached hydrogens (primary N) is 1. The van der Waals surface area contributed by atoms with Crippen molar-refractivity contribution in [3.63, 3.8) is 0 Å². The van der Waals surface area contributed by atoms with E-state index in [1.165, 1.54) is 25.7 Å². The monoisotopic (exact) mass is 256 g/mol. The summed E-state index contributed by atoms with van der Waals surface area (Å²) in [6.07, 6.45) is 7.81. The molecule has 0 bridgehead atoms. The van der Waals surface area contributed by atoms with E-state index in [0.717, 1.165) is 23.7 Å². The molecule has 0 saturated heterocycles. The van der Waals surface area contributed by atoms with Crippen LogP contribution >= 0.6 is 11.6 Å². The fourth-order valence-corrected chi connectivity index (χ4v) is 3.06. The number of aryl methyl sites for hydroxylation is 1. The summed E-state index contributed by atoms with van der Waals surface area (Å²) < 4.78 is 1.99. The number of hydrogen-bond acceptors (Lipinski definition) is 3. The van der Waals surface area contributed by atoms with E-state index in [1.807, 2.05) is 4.68 Å². The molecule has 1 aliphatic carbocycles. The number of hydrogen-bond donors (Lipinski definition) is 2. The van der Waals surface area contributed by atoms with Crippen LogP contribution in [-0.2, 0) is 6.54 Å². The summed E-state index contributed by atoms with van der Waals surface area (Å²) in [5.41, 5.74) is 4.00. The third-order valence-corrected chi connectivity index (χ3v) is 3.91. The molecule has 3 N–H and O–H groups in total. The van der Waals surface area contributed by atoms with Gasteiger partial charge in [-0.25, -0.2) is 0 Å². The molecule has 1 aliphatic rings. The van der Waals surface area contributed by atoms with Gasteiger partial charge in [0.05, 0.1) is 23.0 Å². The fraction of sp³-hybridized carbons (Fsp3) is 0.750. The Morgan fingerprint density at radius 1 is 1.59 bits per heavy atom. The van der Waals surface area contributed by atoms with Crippen LogP contribution in [0.5, 0.6) is 0 Å². The highest BCUT2D eigenvalue weighted by atomic mass is 35.5. The largest absolute Gasteiger partial charge is 0.271 e. The average Bonchev–Trinajstić information content (AvgIpc) is 2.94. The van der Waals surface area contributed by atoms with Crippen molar-refractivity contribution < 1.29 is 0 Å². The lowest BCUT2D eigenvalue weighted by Gasteiger charge is -2.24. The van der Waals surface area contributed by atoms with Gasteiger partial charge < -0.3 is 0 Å². The summed E-state index contributed by atoms with van der Waals surface area (Å²) >= 11 is 6.25. The number of nitrogens with one attached hydrogen (secondary N) is 1. The Morgan fingerprint density at radius 2 is 2.29 bits per heavy atom. The van der Waals surface area contributed by atoms with Crippen molar-refractivity contribution in [2.24, 2.45) is 11.8 Å². The summed E-state index contributed by atoms with van der Waals surface area (Å²) in [5, 5.41) is 5.06. The van der Waals surface area contributed by atoms with Gasteiger partial charge in [-0.2, -0.15) is 5.10 Å². The second-order valence-electron chi connectivity index (χ2n) is 4.79. The molecule has 1 aromatic rings. The molecule has 4 nitrogen and oxygen atoms in total. The molecule has 1 unspecified atom stereocenters. The van der Waals surface area contributed by atoms with E-state index in [4.69, 9.17) is 17.4 Å². The van der Waals surface area contributed by atoms with E-state index in [0.29, 0.717) is 5.92 Å². The van der Waals surface area contributed by atoms with Gasteiger partial charge in [0.2, 0.25) is 0 Å². The van der Waals surface area contributed by atoms with Crippen molar-refractivity contribution in [2.45, 2.75) is 51.6 Å². The Balaban J connectivity index is 2.25. The van der Waals surface area contributed by atoms with Crippen LogP contribution in [0.2, 0.25) is 5.02 Å². The minimum absolute atomic E-state index is 0.138. The molecule has 96 valence electrons.